The third-order valence-electron chi connectivity index (χ3n) is 2.54. The molecule has 17 heavy (non-hydrogen) atoms. The van der Waals surface area contributed by atoms with Gasteiger partial charge in [0.15, 0.2) is 0 Å². The normalized spacial score (nSPS) is 19.1. The van der Waals surface area contributed by atoms with Gasteiger partial charge in [-0.25, -0.2) is 9.59 Å². The lowest BCUT2D eigenvalue weighted by Crippen LogP contribution is -2.22. The molecule has 0 amide bonds. The number of hydrogen-bond acceptors (Lipinski definition) is 4. The molecule has 0 spiro atoms. The van der Waals surface area contributed by atoms with Gasteiger partial charge in [-0.3, -0.25) is 0 Å². The number of carbonyl (C=O) groups is 2. The second-order valence-electron chi connectivity index (χ2n) is 3.75. The van der Waals surface area contributed by atoms with Crippen molar-refractivity contribution in [2.24, 2.45) is 5.92 Å². The minimum atomic E-state index is -0.424. The van der Waals surface area contributed by atoms with Gasteiger partial charge in [-0.2, -0.15) is 0 Å². The molecule has 1 atom stereocenters. The maximum absolute atomic E-state index is 11.8. The summed E-state index contributed by atoms with van der Waals surface area (Å²) in [7, 11) is 0. The van der Waals surface area contributed by atoms with Gasteiger partial charge in [0, 0.05) is 5.92 Å². The molecule has 0 saturated heterocycles. The van der Waals surface area contributed by atoms with Crippen molar-refractivity contribution in [1.82, 2.24) is 0 Å². The third kappa shape index (κ3) is 3.19. The maximum Gasteiger partial charge on any atom is 0.335 e. The minimum absolute atomic E-state index is 0.109. The zero-order chi connectivity index (χ0) is 12.8. The molecule has 1 aliphatic rings. The molecule has 0 aliphatic heterocycles. The van der Waals surface area contributed by atoms with Crippen molar-refractivity contribution in [3.05, 3.63) is 23.3 Å². The fraction of sp³-hybridized carbons (Fsp3) is 0.538. The summed E-state index contributed by atoms with van der Waals surface area (Å²) in [4.78, 5) is 23.5. The third-order valence-corrected chi connectivity index (χ3v) is 2.54. The van der Waals surface area contributed by atoms with Crippen molar-refractivity contribution in [2.45, 2.75) is 27.2 Å². The van der Waals surface area contributed by atoms with E-state index in [1.165, 1.54) is 0 Å². The van der Waals surface area contributed by atoms with Crippen LogP contribution in [0.15, 0.2) is 23.3 Å². The van der Waals surface area contributed by atoms with Crippen molar-refractivity contribution in [1.29, 1.82) is 0 Å². The van der Waals surface area contributed by atoms with E-state index in [1.807, 2.05) is 19.1 Å². The lowest BCUT2D eigenvalue weighted by Gasteiger charge is -2.19. The molecule has 1 unspecified atom stereocenters. The Hall–Kier alpha value is -1.58. The van der Waals surface area contributed by atoms with Crippen LogP contribution in [0, 0.1) is 5.92 Å². The van der Waals surface area contributed by atoms with Gasteiger partial charge in [-0.15, -0.1) is 0 Å². The van der Waals surface area contributed by atoms with Crippen LogP contribution in [-0.4, -0.2) is 25.2 Å². The van der Waals surface area contributed by atoms with Crippen LogP contribution >= 0.6 is 0 Å². The van der Waals surface area contributed by atoms with Crippen LogP contribution in [0.5, 0.6) is 0 Å². The Morgan fingerprint density at radius 2 is 1.82 bits per heavy atom. The fourth-order valence-corrected chi connectivity index (χ4v) is 1.80. The second kappa shape index (κ2) is 6.23. The Bertz CT molecular complexity index is 366. The zero-order valence-corrected chi connectivity index (χ0v) is 10.5. The van der Waals surface area contributed by atoms with E-state index in [4.69, 9.17) is 9.47 Å². The molecule has 0 aromatic heterocycles. The molecule has 0 aromatic rings. The summed E-state index contributed by atoms with van der Waals surface area (Å²) in [6, 6.07) is 0. The fourth-order valence-electron chi connectivity index (χ4n) is 1.80. The van der Waals surface area contributed by atoms with Gasteiger partial charge >= 0.3 is 11.9 Å². The van der Waals surface area contributed by atoms with Crippen LogP contribution in [-0.2, 0) is 19.1 Å². The van der Waals surface area contributed by atoms with E-state index in [-0.39, 0.29) is 5.92 Å². The molecule has 0 aromatic carbocycles. The Labute approximate surface area is 101 Å². The quantitative estimate of drug-likeness (QED) is 0.555. The standard InChI is InChI=1S/C13H18O4/c1-4-16-12(14)10-8-6-7-9(3)11(10)13(15)17-5-2/h6-7,9H,4-5,8H2,1-3H3. The summed E-state index contributed by atoms with van der Waals surface area (Å²) in [5, 5.41) is 0. The van der Waals surface area contributed by atoms with Crippen molar-refractivity contribution >= 4 is 11.9 Å². The van der Waals surface area contributed by atoms with Gasteiger partial charge < -0.3 is 9.47 Å². The first-order chi connectivity index (χ1) is 8.11. The first kappa shape index (κ1) is 13.5. The maximum atomic E-state index is 11.8. The lowest BCUT2D eigenvalue weighted by atomic mass is 9.89. The summed E-state index contributed by atoms with van der Waals surface area (Å²) in [5.41, 5.74) is 0.841. The SMILES string of the molecule is CCOC(=O)C1=C(C(=O)OCC)C(C)C=CC1. The van der Waals surface area contributed by atoms with Crippen LogP contribution in [0.2, 0.25) is 0 Å². The van der Waals surface area contributed by atoms with E-state index in [0.717, 1.165) is 0 Å². The van der Waals surface area contributed by atoms with Crippen LogP contribution in [0.1, 0.15) is 27.2 Å². The van der Waals surface area contributed by atoms with Crippen LogP contribution in [0.25, 0.3) is 0 Å². The number of rotatable bonds is 4. The summed E-state index contributed by atoms with van der Waals surface area (Å²) < 4.78 is 9.92. The van der Waals surface area contributed by atoms with Crippen molar-refractivity contribution < 1.29 is 19.1 Å². The Morgan fingerprint density at radius 1 is 1.24 bits per heavy atom. The molecule has 4 nitrogen and oxygen atoms in total. The predicted molar refractivity (Wildman–Crippen MR) is 63.2 cm³/mol. The molecule has 0 saturated carbocycles. The van der Waals surface area contributed by atoms with Crippen molar-refractivity contribution in [2.75, 3.05) is 13.2 Å². The highest BCUT2D eigenvalue weighted by Gasteiger charge is 2.27. The van der Waals surface area contributed by atoms with E-state index in [2.05, 4.69) is 0 Å². The zero-order valence-electron chi connectivity index (χ0n) is 10.5. The average molecular weight is 238 g/mol. The van der Waals surface area contributed by atoms with Crippen LogP contribution < -0.4 is 0 Å². The van der Waals surface area contributed by atoms with Crippen LogP contribution in [0.4, 0.5) is 0 Å². The second-order valence-corrected chi connectivity index (χ2v) is 3.75. The highest BCUT2D eigenvalue weighted by Crippen LogP contribution is 2.26. The highest BCUT2D eigenvalue weighted by atomic mass is 16.5. The van der Waals surface area contributed by atoms with Crippen molar-refractivity contribution in [3.63, 3.8) is 0 Å². The average Bonchev–Trinajstić information content (AvgIpc) is 2.29. The number of esters is 2. The topological polar surface area (TPSA) is 52.6 Å². The molecular weight excluding hydrogens is 220 g/mol. The van der Waals surface area contributed by atoms with E-state index in [1.54, 1.807) is 13.8 Å². The van der Waals surface area contributed by atoms with E-state index in [9.17, 15) is 9.59 Å². The Kier molecular flexibility index (Phi) is 4.94. The predicted octanol–water partition coefficient (Wildman–Crippen LogP) is 2.01. The first-order valence-electron chi connectivity index (χ1n) is 5.85. The minimum Gasteiger partial charge on any atom is -0.463 e. The molecule has 0 N–H and O–H groups in total. The molecule has 0 radical (unpaired) electrons. The molecular formula is C13H18O4. The van der Waals surface area contributed by atoms with Crippen LogP contribution in [0.3, 0.4) is 0 Å². The molecule has 1 aliphatic carbocycles. The smallest absolute Gasteiger partial charge is 0.335 e. The number of carbonyl (C=O) groups excluding carboxylic acids is 2. The Morgan fingerprint density at radius 3 is 2.41 bits per heavy atom. The summed E-state index contributed by atoms with van der Waals surface area (Å²) in [6.07, 6.45) is 4.20. The molecule has 0 bridgehead atoms. The van der Waals surface area contributed by atoms with Crippen molar-refractivity contribution in [3.8, 4) is 0 Å². The Balaban J connectivity index is 3.02. The molecule has 0 heterocycles. The lowest BCUT2D eigenvalue weighted by molar-refractivity contribution is -0.142. The van der Waals surface area contributed by atoms with Gasteiger partial charge in [0.1, 0.15) is 0 Å². The number of hydrogen-bond donors (Lipinski definition) is 0. The van der Waals surface area contributed by atoms with E-state index < -0.39 is 11.9 Å². The molecule has 94 valence electrons. The van der Waals surface area contributed by atoms with Gasteiger partial charge in [-0.05, 0) is 20.3 Å². The largest absolute Gasteiger partial charge is 0.463 e. The monoisotopic (exact) mass is 238 g/mol. The number of allylic oxidation sites excluding steroid dienone is 2. The number of ether oxygens (including phenoxy) is 2. The van der Waals surface area contributed by atoms with Gasteiger partial charge in [0.05, 0.1) is 24.4 Å². The summed E-state index contributed by atoms with van der Waals surface area (Å²) in [6.45, 7) is 5.95. The van der Waals surface area contributed by atoms with E-state index >= 15 is 0 Å². The van der Waals surface area contributed by atoms with Gasteiger partial charge in [0.2, 0.25) is 0 Å². The summed E-state index contributed by atoms with van der Waals surface area (Å²) in [5.74, 6) is -0.957. The van der Waals surface area contributed by atoms with E-state index in [0.29, 0.717) is 30.8 Å². The molecule has 4 heteroatoms. The van der Waals surface area contributed by atoms with Gasteiger partial charge in [-0.1, -0.05) is 19.1 Å². The summed E-state index contributed by atoms with van der Waals surface area (Å²) >= 11 is 0. The first-order valence-corrected chi connectivity index (χ1v) is 5.85. The van der Waals surface area contributed by atoms with Gasteiger partial charge in [0.25, 0.3) is 0 Å². The molecule has 0 fully saturated rings. The molecule has 1 rings (SSSR count). The highest BCUT2D eigenvalue weighted by molar-refractivity contribution is 6.01.